The Bertz CT molecular complexity index is 2630. The van der Waals surface area contributed by atoms with Gasteiger partial charge in [0.1, 0.15) is 41.7 Å². The number of aliphatic hydroxyl groups is 2. The quantitative estimate of drug-likeness (QED) is 0.0527. The first-order chi connectivity index (χ1) is 32.8. The number of likely N-dealkylation sites (tertiary alicyclic amines) is 1. The van der Waals surface area contributed by atoms with Crippen molar-refractivity contribution in [3.63, 3.8) is 0 Å². The number of nitrogens with zero attached hydrogens (tertiary/aromatic N) is 4. The van der Waals surface area contributed by atoms with E-state index in [-0.39, 0.29) is 24.2 Å². The number of rotatable bonds is 14. The minimum atomic E-state index is -0.742. The molecule has 2 saturated carbocycles. The zero-order valence-corrected chi connectivity index (χ0v) is 40.4. The predicted molar refractivity (Wildman–Crippen MR) is 267 cm³/mol. The maximum absolute atomic E-state index is 14.3. The third kappa shape index (κ3) is 9.64. The summed E-state index contributed by atoms with van der Waals surface area (Å²) in [6.45, 7) is 11.5. The highest BCUT2D eigenvalue weighted by molar-refractivity contribution is 7.98. The maximum Gasteiger partial charge on any atom is 0.265 e. The van der Waals surface area contributed by atoms with Crippen LogP contribution in [0.5, 0.6) is 23.1 Å². The minimum Gasteiger partial charge on any atom is -0.489 e. The van der Waals surface area contributed by atoms with Crippen LogP contribution in [-0.4, -0.2) is 87.6 Å². The lowest BCUT2D eigenvalue weighted by molar-refractivity contribution is -0.0227. The SMILES string of the molecule is CC(C)c1ccccc1[C@H]1CCCN1C1CC2(CCN(c3ccc(C(=O)NSc4cc(N=O)c5c(c4)OCC([C@H]4CC[C@](C)(O)CC4)N5)c(Oc4cc5cc[nH]c5nc4OC[C@H](C)O)c3)CC2)C1. The fourth-order valence-corrected chi connectivity index (χ4v) is 12.3. The number of aliphatic hydroxyl groups excluding tert-OH is 1. The van der Waals surface area contributed by atoms with E-state index < -0.39 is 17.6 Å². The van der Waals surface area contributed by atoms with E-state index >= 15 is 0 Å². The van der Waals surface area contributed by atoms with Crippen molar-refractivity contribution < 1.29 is 29.2 Å². The molecule has 0 radical (unpaired) electrons. The van der Waals surface area contributed by atoms with Gasteiger partial charge in [-0.1, -0.05) is 38.1 Å². The van der Waals surface area contributed by atoms with Crippen LogP contribution in [0.15, 0.2) is 83.0 Å². The fourth-order valence-electron chi connectivity index (χ4n) is 11.6. The number of pyridine rings is 1. The number of benzene rings is 3. The number of hydrogen-bond acceptors (Lipinski definition) is 13. The molecule has 360 valence electrons. The molecule has 1 spiro atoms. The van der Waals surface area contributed by atoms with Crippen LogP contribution >= 0.6 is 11.9 Å². The van der Waals surface area contributed by atoms with Crippen LogP contribution in [0, 0.1) is 16.2 Å². The highest BCUT2D eigenvalue weighted by atomic mass is 32.2. The number of amides is 1. The number of carbonyl (C=O) groups is 1. The van der Waals surface area contributed by atoms with Crippen LogP contribution in [0.2, 0.25) is 0 Å². The summed E-state index contributed by atoms with van der Waals surface area (Å²) in [6, 6.07) is 23.1. The molecule has 1 unspecified atom stereocenters. The van der Waals surface area contributed by atoms with E-state index in [2.05, 4.69) is 73.1 Å². The van der Waals surface area contributed by atoms with Gasteiger partial charge in [0.25, 0.3) is 11.8 Å². The number of fused-ring (bicyclic) bond motifs is 2. The molecule has 2 saturated heterocycles. The molecule has 3 aliphatic heterocycles. The topological polar surface area (TPSA) is 174 Å². The van der Waals surface area contributed by atoms with Crippen LogP contribution in [0.4, 0.5) is 17.1 Å². The lowest BCUT2D eigenvalue weighted by Gasteiger charge is -2.56. The summed E-state index contributed by atoms with van der Waals surface area (Å²) in [6.07, 6.45) is 11.4. The van der Waals surface area contributed by atoms with Crippen LogP contribution in [0.1, 0.15) is 125 Å². The maximum atomic E-state index is 14.3. The Morgan fingerprint density at radius 1 is 1.00 bits per heavy atom. The number of aromatic nitrogens is 2. The molecule has 2 aliphatic carbocycles. The Kier molecular flexibility index (Phi) is 13.1. The Labute approximate surface area is 403 Å². The fraction of sp³-hybridized carbons (Fsp3) is 0.509. The van der Waals surface area contributed by atoms with E-state index in [1.807, 2.05) is 31.2 Å². The molecule has 68 heavy (non-hydrogen) atoms. The third-order valence-electron chi connectivity index (χ3n) is 15.5. The van der Waals surface area contributed by atoms with Gasteiger partial charge in [-0.05, 0) is 167 Å². The molecule has 5 N–H and O–H groups in total. The number of piperidine rings is 1. The van der Waals surface area contributed by atoms with Crippen molar-refractivity contribution in [1.29, 1.82) is 0 Å². The molecule has 2 aromatic heterocycles. The van der Waals surface area contributed by atoms with Gasteiger partial charge in [0.2, 0.25) is 0 Å². The summed E-state index contributed by atoms with van der Waals surface area (Å²) in [5, 5.41) is 28.2. The predicted octanol–water partition coefficient (Wildman–Crippen LogP) is 10.8. The molecule has 5 heterocycles. The van der Waals surface area contributed by atoms with Crippen molar-refractivity contribution in [3.05, 3.63) is 94.5 Å². The number of carbonyl (C=O) groups excluding carboxylic acids is 1. The molecule has 15 heteroatoms. The van der Waals surface area contributed by atoms with Crippen molar-refractivity contribution in [2.75, 3.05) is 43.1 Å². The first kappa shape index (κ1) is 46.4. The summed E-state index contributed by atoms with van der Waals surface area (Å²) in [5.74, 6) is 1.73. The smallest absolute Gasteiger partial charge is 0.265 e. The third-order valence-corrected chi connectivity index (χ3v) is 16.2. The average Bonchev–Trinajstić information content (AvgIpc) is 4.01. The Morgan fingerprint density at radius 2 is 1.79 bits per heavy atom. The number of aromatic amines is 1. The molecule has 1 amide bonds. The summed E-state index contributed by atoms with van der Waals surface area (Å²) in [5.41, 5.74) is 5.30. The van der Waals surface area contributed by atoms with E-state index in [1.54, 1.807) is 31.3 Å². The number of H-pyrrole nitrogens is 1. The summed E-state index contributed by atoms with van der Waals surface area (Å²) in [4.78, 5) is 40.0. The van der Waals surface area contributed by atoms with E-state index in [1.165, 1.54) is 43.4 Å². The summed E-state index contributed by atoms with van der Waals surface area (Å²) < 4.78 is 21.8. The van der Waals surface area contributed by atoms with E-state index in [0.717, 1.165) is 74.6 Å². The van der Waals surface area contributed by atoms with Gasteiger partial charge >= 0.3 is 0 Å². The van der Waals surface area contributed by atoms with Gasteiger partial charge in [-0.3, -0.25) is 14.4 Å². The number of nitrogens with one attached hydrogen (secondary N) is 3. The van der Waals surface area contributed by atoms with Crippen LogP contribution in [-0.2, 0) is 0 Å². The van der Waals surface area contributed by atoms with Crippen molar-refractivity contribution in [2.24, 2.45) is 16.5 Å². The Balaban J connectivity index is 0.854. The highest BCUT2D eigenvalue weighted by Crippen LogP contribution is 2.54. The molecule has 5 aromatic rings. The van der Waals surface area contributed by atoms with Gasteiger partial charge in [0.05, 0.1) is 23.3 Å². The van der Waals surface area contributed by atoms with E-state index in [0.29, 0.717) is 75.0 Å². The van der Waals surface area contributed by atoms with Gasteiger partial charge < -0.3 is 39.6 Å². The normalized spacial score (nSPS) is 24.2. The lowest BCUT2D eigenvalue weighted by Crippen LogP contribution is -2.54. The van der Waals surface area contributed by atoms with Crippen LogP contribution in [0.3, 0.4) is 0 Å². The minimum absolute atomic E-state index is 0.00171. The number of nitroso groups, excluding NO2 is 1. The van der Waals surface area contributed by atoms with Crippen molar-refractivity contribution in [3.8, 4) is 23.1 Å². The molecule has 3 atom stereocenters. The second-order valence-corrected chi connectivity index (χ2v) is 21.6. The first-order valence-corrected chi connectivity index (χ1v) is 25.5. The van der Waals surface area contributed by atoms with Crippen LogP contribution < -0.4 is 29.1 Å². The second kappa shape index (κ2) is 19.2. The molecule has 5 aliphatic rings. The second-order valence-electron chi connectivity index (χ2n) is 20.7. The molecule has 4 fully saturated rings. The van der Waals surface area contributed by atoms with Gasteiger partial charge in [-0.25, -0.2) is 0 Å². The van der Waals surface area contributed by atoms with Gasteiger partial charge in [-0.2, -0.15) is 4.98 Å². The largest absolute Gasteiger partial charge is 0.489 e. The lowest BCUT2D eigenvalue weighted by atomic mass is 9.59. The monoisotopic (exact) mass is 943 g/mol. The van der Waals surface area contributed by atoms with Crippen molar-refractivity contribution >= 4 is 46.0 Å². The molecule has 10 rings (SSSR count). The van der Waals surface area contributed by atoms with Crippen molar-refractivity contribution in [1.82, 2.24) is 19.6 Å². The Morgan fingerprint density at radius 3 is 2.56 bits per heavy atom. The van der Waals surface area contributed by atoms with E-state index in [9.17, 15) is 19.9 Å². The molecule has 3 aromatic carbocycles. The van der Waals surface area contributed by atoms with Gasteiger partial charge in [0.15, 0.2) is 5.75 Å². The zero-order chi connectivity index (χ0) is 47.2. The number of ether oxygens (including phenoxy) is 3. The van der Waals surface area contributed by atoms with Gasteiger partial charge in [-0.15, -0.1) is 4.91 Å². The zero-order valence-electron chi connectivity index (χ0n) is 39.6. The Hall–Kier alpha value is -5.35. The van der Waals surface area contributed by atoms with Crippen LogP contribution in [0.25, 0.3) is 11.0 Å². The van der Waals surface area contributed by atoms with Crippen molar-refractivity contribution in [2.45, 2.75) is 133 Å². The first-order valence-electron chi connectivity index (χ1n) is 24.6. The molecular formula is C53H65N7O7S. The standard InChI is InChI=1S/C53H65N7O7S/c1-32(2)39-8-5-6-9-40(39)44-10-7-21-60(44)37-28-53(29-37)18-22-59(23-19-53)36-11-12-41(45(25-36)67-47-24-35-15-20-54-49(35)56-51(47)66-30-33(3)61)50(62)58-68-38-26-42(57-64)48-46(27-38)65-31-43(55-48)34-13-16-52(4,63)17-14-34/h5-6,8-9,11-12,15,20,24-27,32-34,37,43-44,55,61,63H,7,10,13-14,16-19,21-23,28-31H2,1-4H3,(H,54,56)(H,58,62)/t33-,34-,43?,44+,52-/m0/s1. The van der Waals surface area contributed by atoms with E-state index in [4.69, 9.17) is 14.2 Å². The van der Waals surface area contributed by atoms with Gasteiger partial charge in [0, 0.05) is 53.4 Å². The highest BCUT2D eigenvalue weighted by Gasteiger charge is 2.50. The molecule has 14 nitrogen and oxygen atoms in total. The average molecular weight is 944 g/mol. The summed E-state index contributed by atoms with van der Waals surface area (Å²) in [7, 11) is 0. The summed E-state index contributed by atoms with van der Waals surface area (Å²) >= 11 is 1.07. The number of anilines is 2. The molecule has 0 bridgehead atoms. The number of hydrogen-bond donors (Lipinski definition) is 5. The molecular weight excluding hydrogens is 879 g/mol.